The van der Waals surface area contributed by atoms with E-state index in [-0.39, 0.29) is 0 Å². The summed E-state index contributed by atoms with van der Waals surface area (Å²) in [6.07, 6.45) is 1.10. The van der Waals surface area contributed by atoms with Gasteiger partial charge < -0.3 is 5.32 Å². The summed E-state index contributed by atoms with van der Waals surface area (Å²) in [4.78, 5) is 4.44. The van der Waals surface area contributed by atoms with Crippen LogP contribution >= 0.6 is 0 Å². The second kappa shape index (κ2) is 4.79. The Morgan fingerprint density at radius 2 is 2.12 bits per heavy atom. The Kier molecular flexibility index (Phi) is 3.38. The Hall–Kier alpha value is -1.49. The summed E-state index contributed by atoms with van der Waals surface area (Å²) in [5.74, 6) is 1.86. The molecule has 0 aromatic carbocycles. The number of hydrogen-bond acceptors (Lipinski definition) is 4. The SMILES string of the molecule is CCC(C)NCc1nnc2cc(C)nc(C)n12. The van der Waals surface area contributed by atoms with E-state index < -0.39 is 0 Å². The van der Waals surface area contributed by atoms with Crippen LogP contribution in [0.1, 0.15) is 37.6 Å². The molecule has 0 radical (unpaired) electrons. The molecule has 1 N–H and O–H groups in total. The summed E-state index contributed by atoms with van der Waals surface area (Å²) < 4.78 is 2.00. The number of fused-ring (bicyclic) bond motifs is 1. The monoisotopic (exact) mass is 233 g/mol. The predicted molar refractivity (Wildman–Crippen MR) is 66.8 cm³/mol. The molecule has 2 aromatic heterocycles. The molecule has 2 aromatic rings. The lowest BCUT2D eigenvalue weighted by Gasteiger charge is -2.10. The first-order valence-corrected chi connectivity index (χ1v) is 6.03. The van der Waals surface area contributed by atoms with Gasteiger partial charge in [-0.05, 0) is 27.2 Å². The molecule has 1 unspecified atom stereocenters. The van der Waals surface area contributed by atoms with E-state index in [1.165, 1.54) is 0 Å². The maximum Gasteiger partial charge on any atom is 0.164 e. The Labute approximate surface area is 101 Å². The van der Waals surface area contributed by atoms with Crippen molar-refractivity contribution in [2.24, 2.45) is 0 Å². The Morgan fingerprint density at radius 1 is 1.35 bits per heavy atom. The summed E-state index contributed by atoms with van der Waals surface area (Å²) in [5, 5.41) is 11.8. The van der Waals surface area contributed by atoms with Gasteiger partial charge in [-0.25, -0.2) is 4.98 Å². The molecule has 5 heteroatoms. The van der Waals surface area contributed by atoms with E-state index in [1.807, 2.05) is 24.3 Å². The molecular formula is C12H19N5. The van der Waals surface area contributed by atoms with Crippen molar-refractivity contribution in [1.29, 1.82) is 0 Å². The molecule has 5 nitrogen and oxygen atoms in total. The van der Waals surface area contributed by atoms with Gasteiger partial charge in [0.15, 0.2) is 11.5 Å². The van der Waals surface area contributed by atoms with Crippen molar-refractivity contribution in [3.8, 4) is 0 Å². The summed E-state index contributed by atoms with van der Waals surface area (Å²) in [6.45, 7) is 9.00. The van der Waals surface area contributed by atoms with E-state index >= 15 is 0 Å². The van der Waals surface area contributed by atoms with Crippen molar-refractivity contribution in [2.45, 2.75) is 46.7 Å². The van der Waals surface area contributed by atoms with Crippen LogP contribution in [0.3, 0.4) is 0 Å². The second-order valence-electron chi connectivity index (χ2n) is 4.44. The summed E-state index contributed by atoms with van der Waals surface area (Å²) >= 11 is 0. The molecule has 0 bridgehead atoms. The molecule has 92 valence electrons. The highest BCUT2D eigenvalue weighted by Crippen LogP contribution is 2.08. The van der Waals surface area contributed by atoms with Crippen LogP contribution in [0.5, 0.6) is 0 Å². The lowest BCUT2D eigenvalue weighted by Crippen LogP contribution is -2.25. The minimum atomic E-state index is 0.487. The van der Waals surface area contributed by atoms with Gasteiger partial charge in [0.2, 0.25) is 0 Å². The molecule has 2 rings (SSSR count). The number of aromatic nitrogens is 4. The standard InChI is InChI=1S/C12H19N5/c1-5-8(2)13-7-12-16-15-11-6-9(3)14-10(4)17(11)12/h6,8,13H,5,7H2,1-4H3. The molecule has 1 atom stereocenters. The molecule has 0 saturated carbocycles. The minimum Gasteiger partial charge on any atom is -0.307 e. The Bertz CT molecular complexity index is 517. The highest BCUT2D eigenvalue weighted by atomic mass is 15.3. The largest absolute Gasteiger partial charge is 0.307 e. The van der Waals surface area contributed by atoms with E-state index in [9.17, 15) is 0 Å². The van der Waals surface area contributed by atoms with Crippen molar-refractivity contribution in [2.75, 3.05) is 0 Å². The van der Waals surface area contributed by atoms with Gasteiger partial charge in [0.05, 0.1) is 6.54 Å². The van der Waals surface area contributed by atoms with Crippen LogP contribution in [0.25, 0.3) is 5.65 Å². The normalized spacial score (nSPS) is 13.2. The van der Waals surface area contributed by atoms with Gasteiger partial charge in [-0.3, -0.25) is 4.40 Å². The van der Waals surface area contributed by atoms with Gasteiger partial charge in [0.1, 0.15) is 5.82 Å². The fourth-order valence-electron chi connectivity index (χ4n) is 1.83. The van der Waals surface area contributed by atoms with Gasteiger partial charge >= 0.3 is 0 Å². The smallest absolute Gasteiger partial charge is 0.164 e. The lowest BCUT2D eigenvalue weighted by molar-refractivity contribution is 0.520. The molecule has 0 fully saturated rings. The second-order valence-corrected chi connectivity index (χ2v) is 4.44. The fraction of sp³-hybridized carbons (Fsp3) is 0.583. The van der Waals surface area contributed by atoms with Crippen molar-refractivity contribution in [3.63, 3.8) is 0 Å². The van der Waals surface area contributed by atoms with Crippen molar-refractivity contribution < 1.29 is 0 Å². The van der Waals surface area contributed by atoms with E-state index in [1.54, 1.807) is 0 Å². The molecule has 17 heavy (non-hydrogen) atoms. The average molecular weight is 233 g/mol. The Morgan fingerprint density at radius 3 is 2.82 bits per heavy atom. The number of hydrogen-bond donors (Lipinski definition) is 1. The average Bonchev–Trinajstić information content (AvgIpc) is 2.69. The quantitative estimate of drug-likeness (QED) is 0.872. The van der Waals surface area contributed by atoms with Gasteiger partial charge in [-0.1, -0.05) is 6.92 Å². The number of nitrogens with zero attached hydrogens (tertiary/aromatic N) is 4. The zero-order chi connectivity index (χ0) is 12.4. The minimum absolute atomic E-state index is 0.487. The topological polar surface area (TPSA) is 55.1 Å². The maximum absolute atomic E-state index is 4.44. The third-order valence-corrected chi connectivity index (χ3v) is 2.98. The van der Waals surface area contributed by atoms with E-state index in [0.717, 1.165) is 36.0 Å². The number of rotatable bonds is 4. The van der Waals surface area contributed by atoms with Gasteiger partial charge in [-0.2, -0.15) is 0 Å². The molecule has 0 saturated heterocycles. The maximum atomic E-state index is 4.44. The van der Waals surface area contributed by atoms with Crippen LogP contribution in [-0.4, -0.2) is 25.6 Å². The van der Waals surface area contributed by atoms with E-state index in [0.29, 0.717) is 6.04 Å². The Balaban J connectivity index is 2.29. The zero-order valence-electron chi connectivity index (χ0n) is 10.9. The first-order valence-electron chi connectivity index (χ1n) is 6.03. The number of nitrogens with one attached hydrogen (secondary N) is 1. The van der Waals surface area contributed by atoms with Gasteiger partial charge in [0.25, 0.3) is 0 Å². The van der Waals surface area contributed by atoms with E-state index in [2.05, 4.69) is 34.3 Å². The van der Waals surface area contributed by atoms with Crippen molar-refractivity contribution in [3.05, 3.63) is 23.4 Å². The predicted octanol–water partition coefficient (Wildman–Crippen LogP) is 1.63. The van der Waals surface area contributed by atoms with Crippen LogP contribution in [0.2, 0.25) is 0 Å². The van der Waals surface area contributed by atoms with Crippen molar-refractivity contribution >= 4 is 5.65 Å². The van der Waals surface area contributed by atoms with E-state index in [4.69, 9.17) is 0 Å². The molecule has 0 aliphatic carbocycles. The molecule has 0 amide bonds. The van der Waals surface area contributed by atoms with Gasteiger partial charge in [-0.15, -0.1) is 10.2 Å². The highest BCUT2D eigenvalue weighted by molar-refractivity contribution is 5.39. The lowest BCUT2D eigenvalue weighted by atomic mass is 10.2. The van der Waals surface area contributed by atoms with Crippen LogP contribution in [0.4, 0.5) is 0 Å². The third-order valence-electron chi connectivity index (χ3n) is 2.98. The van der Waals surface area contributed by atoms with Crippen LogP contribution < -0.4 is 5.32 Å². The molecule has 0 aliphatic rings. The molecule has 0 spiro atoms. The first kappa shape index (κ1) is 12.0. The van der Waals surface area contributed by atoms with Crippen molar-refractivity contribution in [1.82, 2.24) is 24.9 Å². The fourth-order valence-corrected chi connectivity index (χ4v) is 1.83. The van der Waals surface area contributed by atoms with Crippen LogP contribution in [-0.2, 0) is 6.54 Å². The summed E-state index contributed by atoms with van der Waals surface area (Å²) in [7, 11) is 0. The third kappa shape index (κ3) is 2.44. The van der Waals surface area contributed by atoms with Crippen LogP contribution in [0, 0.1) is 13.8 Å². The highest BCUT2D eigenvalue weighted by Gasteiger charge is 2.09. The van der Waals surface area contributed by atoms with Gasteiger partial charge in [0, 0.05) is 17.8 Å². The molecule has 0 aliphatic heterocycles. The first-order chi connectivity index (χ1) is 8.11. The summed E-state index contributed by atoms with van der Waals surface area (Å²) in [5.41, 5.74) is 1.85. The summed E-state index contributed by atoms with van der Waals surface area (Å²) in [6, 6.07) is 2.44. The number of aryl methyl sites for hydroxylation is 2. The van der Waals surface area contributed by atoms with Crippen LogP contribution in [0.15, 0.2) is 6.07 Å². The molecular weight excluding hydrogens is 214 g/mol. The zero-order valence-corrected chi connectivity index (χ0v) is 10.9. The molecule has 2 heterocycles.